The van der Waals surface area contributed by atoms with Gasteiger partial charge >= 0.3 is 0 Å². The van der Waals surface area contributed by atoms with Crippen molar-refractivity contribution in [1.29, 1.82) is 0 Å². The maximum Gasteiger partial charge on any atom is 0.224 e. The van der Waals surface area contributed by atoms with Crippen molar-refractivity contribution in [3.05, 3.63) is 0 Å². The molecule has 122 valence electrons. The van der Waals surface area contributed by atoms with Crippen molar-refractivity contribution in [3.8, 4) is 0 Å². The van der Waals surface area contributed by atoms with Crippen LogP contribution in [0.15, 0.2) is 0 Å². The van der Waals surface area contributed by atoms with Gasteiger partial charge in [0.1, 0.15) is 0 Å². The molecule has 1 amide bonds. The molecule has 3 N–H and O–H groups in total. The van der Waals surface area contributed by atoms with Gasteiger partial charge in [-0.15, -0.1) is 12.4 Å². The predicted octanol–water partition coefficient (Wildman–Crippen LogP) is 2.25. The molecule has 4 unspecified atom stereocenters. The molecule has 4 atom stereocenters. The predicted molar refractivity (Wildman–Crippen MR) is 85.4 cm³/mol. The standard InChI is InChI=1S/C16H28N2O2.ClH/c17-15-12-7-6-11(10-12)14(15)16(19)18-8-3-9-20-13-4-1-2-5-13;/h11-15H,1-10,17H2,(H,18,19);1H. The highest BCUT2D eigenvalue weighted by Gasteiger charge is 2.48. The third-order valence-electron chi connectivity index (χ3n) is 5.56. The van der Waals surface area contributed by atoms with E-state index in [-0.39, 0.29) is 30.3 Å². The van der Waals surface area contributed by atoms with Gasteiger partial charge in [-0.2, -0.15) is 0 Å². The Morgan fingerprint density at radius 3 is 2.52 bits per heavy atom. The maximum absolute atomic E-state index is 12.2. The third-order valence-corrected chi connectivity index (χ3v) is 5.56. The molecule has 0 aliphatic heterocycles. The van der Waals surface area contributed by atoms with Gasteiger partial charge in [-0.3, -0.25) is 4.79 Å². The Kier molecular flexibility index (Phi) is 6.33. The van der Waals surface area contributed by atoms with Crippen LogP contribution < -0.4 is 11.1 Å². The molecule has 0 radical (unpaired) electrons. The summed E-state index contributed by atoms with van der Waals surface area (Å²) in [6, 6.07) is 0.100. The van der Waals surface area contributed by atoms with Crippen molar-refractivity contribution in [1.82, 2.24) is 5.32 Å². The second-order valence-electron chi connectivity index (χ2n) is 6.86. The SMILES string of the molecule is Cl.NC1C2CCC(C2)C1C(=O)NCCCOC1CCCC1. The van der Waals surface area contributed by atoms with Crippen molar-refractivity contribution in [2.75, 3.05) is 13.2 Å². The number of carbonyl (C=O) groups excluding carboxylic acids is 1. The number of halogens is 1. The molecule has 0 heterocycles. The largest absolute Gasteiger partial charge is 0.378 e. The smallest absolute Gasteiger partial charge is 0.224 e. The van der Waals surface area contributed by atoms with Gasteiger partial charge in [0.25, 0.3) is 0 Å². The zero-order valence-electron chi connectivity index (χ0n) is 12.8. The summed E-state index contributed by atoms with van der Waals surface area (Å²) in [5.74, 6) is 1.40. The highest BCUT2D eigenvalue weighted by atomic mass is 35.5. The van der Waals surface area contributed by atoms with E-state index in [1.807, 2.05) is 0 Å². The minimum Gasteiger partial charge on any atom is -0.378 e. The molecule has 0 spiro atoms. The highest BCUT2D eigenvalue weighted by molar-refractivity contribution is 5.85. The van der Waals surface area contributed by atoms with E-state index in [1.54, 1.807) is 0 Å². The number of fused-ring (bicyclic) bond motifs is 2. The summed E-state index contributed by atoms with van der Waals surface area (Å²) in [5, 5.41) is 3.07. The van der Waals surface area contributed by atoms with Crippen molar-refractivity contribution < 1.29 is 9.53 Å². The fraction of sp³-hybridized carbons (Fsp3) is 0.938. The minimum absolute atomic E-state index is 0. The van der Waals surface area contributed by atoms with E-state index in [1.165, 1.54) is 44.9 Å². The number of nitrogens with one attached hydrogen (secondary N) is 1. The zero-order valence-corrected chi connectivity index (χ0v) is 13.6. The monoisotopic (exact) mass is 316 g/mol. The molecular weight excluding hydrogens is 288 g/mol. The molecule has 0 aromatic rings. The summed E-state index contributed by atoms with van der Waals surface area (Å²) < 4.78 is 5.80. The minimum atomic E-state index is 0. The van der Waals surface area contributed by atoms with Crippen LogP contribution in [0.4, 0.5) is 0 Å². The Hall–Kier alpha value is -0.320. The van der Waals surface area contributed by atoms with Crippen LogP contribution in [-0.2, 0) is 9.53 Å². The molecule has 4 nitrogen and oxygen atoms in total. The lowest BCUT2D eigenvalue weighted by atomic mass is 9.84. The van der Waals surface area contributed by atoms with Crippen LogP contribution in [-0.4, -0.2) is 31.2 Å². The Labute approximate surface area is 134 Å². The number of amides is 1. The van der Waals surface area contributed by atoms with E-state index in [4.69, 9.17) is 10.5 Å². The van der Waals surface area contributed by atoms with Gasteiger partial charge in [0.15, 0.2) is 0 Å². The molecule has 0 aromatic heterocycles. The van der Waals surface area contributed by atoms with Gasteiger partial charge in [0, 0.05) is 19.2 Å². The van der Waals surface area contributed by atoms with Crippen LogP contribution in [0.2, 0.25) is 0 Å². The van der Waals surface area contributed by atoms with Crippen LogP contribution in [0.3, 0.4) is 0 Å². The lowest BCUT2D eigenvalue weighted by Gasteiger charge is -2.27. The third kappa shape index (κ3) is 3.91. The van der Waals surface area contributed by atoms with Crippen LogP contribution in [0.5, 0.6) is 0 Å². The lowest BCUT2D eigenvalue weighted by molar-refractivity contribution is -0.127. The van der Waals surface area contributed by atoms with Gasteiger partial charge in [0.2, 0.25) is 5.91 Å². The van der Waals surface area contributed by atoms with Gasteiger partial charge in [-0.05, 0) is 50.4 Å². The molecular formula is C16H29ClN2O2. The van der Waals surface area contributed by atoms with E-state index in [9.17, 15) is 4.79 Å². The summed E-state index contributed by atoms with van der Waals surface area (Å²) in [6.45, 7) is 1.50. The van der Waals surface area contributed by atoms with Crippen LogP contribution in [0.1, 0.15) is 51.4 Å². The summed E-state index contributed by atoms with van der Waals surface area (Å²) in [7, 11) is 0. The van der Waals surface area contributed by atoms with E-state index in [2.05, 4.69) is 5.32 Å². The van der Waals surface area contributed by atoms with Crippen molar-refractivity contribution in [2.45, 2.75) is 63.5 Å². The molecule has 5 heteroatoms. The molecule has 3 saturated carbocycles. The average Bonchev–Trinajstić information content (AvgIpc) is 3.14. The van der Waals surface area contributed by atoms with E-state index < -0.39 is 0 Å². The molecule has 3 fully saturated rings. The Morgan fingerprint density at radius 2 is 1.86 bits per heavy atom. The molecule has 21 heavy (non-hydrogen) atoms. The molecule has 3 aliphatic rings. The first-order chi connectivity index (χ1) is 9.75. The summed E-state index contributed by atoms with van der Waals surface area (Å²) in [6.07, 6.45) is 10.0. The Morgan fingerprint density at radius 1 is 1.14 bits per heavy atom. The fourth-order valence-corrected chi connectivity index (χ4v) is 4.43. The lowest BCUT2D eigenvalue weighted by Crippen LogP contribution is -2.45. The second kappa shape index (κ2) is 7.80. The highest BCUT2D eigenvalue weighted by Crippen LogP contribution is 2.47. The van der Waals surface area contributed by atoms with Crippen molar-refractivity contribution in [2.24, 2.45) is 23.5 Å². The van der Waals surface area contributed by atoms with Gasteiger partial charge in [-0.25, -0.2) is 0 Å². The van der Waals surface area contributed by atoms with Crippen molar-refractivity contribution >= 4 is 18.3 Å². The number of hydrogen-bond donors (Lipinski definition) is 2. The zero-order chi connectivity index (χ0) is 13.9. The molecule has 2 bridgehead atoms. The van der Waals surface area contributed by atoms with Crippen molar-refractivity contribution in [3.63, 3.8) is 0 Å². The topological polar surface area (TPSA) is 64.4 Å². The number of nitrogens with two attached hydrogens (primary N) is 1. The number of ether oxygens (including phenoxy) is 1. The van der Waals surface area contributed by atoms with Crippen LogP contribution >= 0.6 is 12.4 Å². The first kappa shape index (κ1) is 17.0. The molecule has 0 saturated heterocycles. The summed E-state index contributed by atoms with van der Waals surface area (Å²) in [5.41, 5.74) is 6.19. The van der Waals surface area contributed by atoms with Gasteiger partial charge in [0.05, 0.1) is 12.0 Å². The molecule has 0 aromatic carbocycles. The van der Waals surface area contributed by atoms with Crippen LogP contribution in [0.25, 0.3) is 0 Å². The van der Waals surface area contributed by atoms with E-state index in [0.717, 1.165) is 19.6 Å². The van der Waals surface area contributed by atoms with E-state index >= 15 is 0 Å². The summed E-state index contributed by atoms with van der Waals surface area (Å²) in [4.78, 5) is 12.2. The fourth-order valence-electron chi connectivity index (χ4n) is 4.43. The summed E-state index contributed by atoms with van der Waals surface area (Å²) >= 11 is 0. The van der Waals surface area contributed by atoms with Gasteiger partial charge in [-0.1, -0.05) is 12.8 Å². The maximum atomic E-state index is 12.2. The second-order valence-corrected chi connectivity index (χ2v) is 6.86. The first-order valence-corrected chi connectivity index (χ1v) is 8.40. The Balaban J connectivity index is 0.00000161. The average molecular weight is 317 g/mol. The number of hydrogen-bond acceptors (Lipinski definition) is 3. The van der Waals surface area contributed by atoms with Crippen LogP contribution in [0, 0.1) is 17.8 Å². The van der Waals surface area contributed by atoms with Gasteiger partial charge < -0.3 is 15.8 Å². The first-order valence-electron chi connectivity index (χ1n) is 8.40. The molecule has 3 rings (SSSR count). The molecule has 3 aliphatic carbocycles. The number of carbonyl (C=O) groups is 1. The number of rotatable bonds is 6. The quantitative estimate of drug-likeness (QED) is 0.739. The van der Waals surface area contributed by atoms with E-state index in [0.29, 0.717) is 17.9 Å². The normalized spacial score (nSPS) is 34.9. The Bertz CT molecular complexity index is 345.